The van der Waals surface area contributed by atoms with Crippen molar-refractivity contribution in [3.05, 3.63) is 11.6 Å². The minimum atomic E-state index is -0.0681. The van der Waals surface area contributed by atoms with Gasteiger partial charge in [0.25, 0.3) is 0 Å². The first-order valence-corrected chi connectivity index (χ1v) is 3.82. The highest BCUT2D eigenvalue weighted by atomic mass is 15.3. The average molecular weight is 154 g/mol. The van der Waals surface area contributed by atoms with E-state index in [1.54, 1.807) is 0 Å². The van der Waals surface area contributed by atoms with Gasteiger partial charge in [0.1, 0.15) is 5.82 Å². The van der Waals surface area contributed by atoms with Crippen molar-refractivity contribution < 1.29 is 0 Å². The van der Waals surface area contributed by atoms with Crippen LogP contribution < -0.4 is 5.73 Å². The fourth-order valence-electron chi connectivity index (χ4n) is 0.934. The maximum atomic E-state index is 5.61. The van der Waals surface area contributed by atoms with E-state index in [-0.39, 0.29) is 6.04 Å². The van der Waals surface area contributed by atoms with Crippen molar-refractivity contribution >= 4 is 0 Å². The molecule has 1 atom stereocenters. The Bertz CT molecular complexity index is 239. The SMILES string of the molecule is CCn1nc(C(C)N)nc1C. The van der Waals surface area contributed by atoms with Gasteiger partial charge in [-0.3, -0.25) is 4.68 Å². The third-order valence-corrected chi connectivity index (χ3v) is 1.58. The second-order valence-electron chi connectivity index (χ2n) is 2.62. The highest BCUT2D eigenvalue weighted by Crippen LogP contribution is 2.03. The Morgan fingerprint density at radius 1 is 1.64 bits per heavy atom. The predicted octanol–water partition coefficient (Wildman–Crippen LogP) is 0.626. The number of aromatic nitrogens is 3. The predicted molar refractivity (Wildman–Crippen MR) is 43.0 cm³/mol. The molecule has 0 amide bonds. The van der Waals surface area contributed by atoms with E-state index in [2.05, 4.69) is 10.1 Å². The lowest BCUT2D eigenvalue weighted by Gasteiger charge is -1.96. The number of nitrogens with two attached hydrogens (primary N) is 1. The van der Waals surface area contributed by atoms with Crippen LogP contribution in [0.15, 0.2) is 0 Å². The second-order valence-corrected chi connectivity index (χ2v) is 2.62. The first kappa shape index (κ1) is 8.20. The fraction of sp³-hybridized carbons (Fsp3) is 0.714. The van der Waals surface area contributed by atoms with Crippen molar-refractivity contribution in [2.75, 3.05) is 0 Å². The highest BCUT2D eigenvalue weighted by molar-refractivity contribution is 4.94. The molecule has 0 aliphatic carbocycles. The molecule has 1 heterocycles. The third kappa shape index (κ3) is 1.57. The molecule has 0 aliphatic heterocycles. The van der Waals surface area contributed by atoms with Gasteiger partial charge in [0, 0.05) is 6.54 Å². The number of hydrogen-bond acceptors (Lipinski definition) is 3. The molecule has 0 aliphatic rings. The molecule has 0 saturated heterocycles. The van der Waals surface area contributed by atoms with Crippen LogP contribution in [0.2, 0.25) is 0 Å². The summed E-state index contributed by atoms with van der Waals surface area (Å²) >= 11 is 0. The van der Waals surface area contributed by atoms with Crippen LogP contribution in [0.3, 0.4) is 0 Å². The first-order chi connectivity index (χ1) is 5.15. The van der Waals surface area contributed by atoms with Crippen LogP contribution in [-0.2, 0) is 6.54 Å². The number of aryl methyl sites for hydroxylation is 2. The lowest BCUT2D eigenvalue weighted by Crippen LogP contribution is -2.08. The Morgan fingerprint density at radius 3 is 2.55 bits per heavy atom. The molecule has 4 nitrogen and oxygen atoms in total. The smallest absolute Gasteiger partial charge is 0.167 e. The van der Waals surface area contributed by atoms with Crippen molar-refractivity contribution in [1.29, 1.82) is 0 Å². The average Bonchev–Trinajstić information content (AvgIpc) is 2.31. The lowest BCUT2D eigenvalue weighted by molar-refractivity contribution is 0.616. The Morgan fingerprint density at radius 2 is 2.27 bits per heavy atom. The molecule has 0 saturated carbocycles. The zero-order valence-corrected chi connectivity index (χ0v) is 7.20. The summed E-state index contributed by atoms with van der Waals surface area (Å²) in [7, 11) is 0. The molecular weight excluding hydrogens is 140 g/mol. The van der Waals surface area contributed by atoms with E-state index in [1.165, 1.54) is 0 Å². The van der Waals surface area contributed by atoms with Gasteiger partial charge in [-0.25, -0.2) is 4.98 Å². The Kier molecular flexibility index (Phi) is 2.24. The van der Waals surface area contributed by atoms with Crippen molar-refractivity contribution in [2.45, 2.75) is 33.4 Å². The third-order valence-electron chi connectivity index (χ3n) is 1.58. The zero-order valence-electron chi connectivity index (χ0n) is 7.20. The van der Waals surface area contributed by atoms with Crippen LogP contribution in [0.1, 0.15) is 31.5 Å². The molecule has 0 spiro atoms. The first-order valence-electron chi connectivity index (χ1n) is 3.82. The largest absolute Gasteiger partial charge is 0.321 e. The molecule has 11 heavy (non-hydrogen) atoms. The Hall–Kier alpha value is -0.900. The van der Waals surface area contributed by atoms with Crippen LogP contribution in [0.4, 0.5) is 0 Å². The molecule has 1 unspecified atom stereocenters. The van der Waals surface area contributed by atoms with Gasteiger partial charge in [-0.2, -0.15) is 5.10 Å². The number of hydrogen-bond donors (Lipinski definition) is 1. The van der Waals surface area contributed by atoms with Crippen molar-refractivity contribution in [3.63, 3.8) is 0 Å². The quantitative estimate of drug-likeness (QED) is 0.679. The van der Waals surface area contributed by atoms with E-state index < -0.39 is 0 Å². The zero-order chi connectivity index (χ0) is 8.43. The summed E-state index contributed by atoms with van der Waals surface area (Å²) in [6.45, 7) is 6.70. The van der Waals surface area contributed by atoms with Gasteiger partial charge in [-0.15, -0.1) is 0 Å². The maximum Gasteiger partial charge on any atom is 0.167 e. The lowest BCUT2D eigenvalue weighted by atomic mass is 10.3. The summed E-state index contributed by atoms with van der Waals surface area (Å²) in [5, 5.41) is 4.21. The van der Waals surface area contributed by atoms with Gasteiger partial charge >= 0.3 is 0 Å². The van der Waals surface area contributed by atoms with E-state index >= 15 is 0 Å². The van der Waals surface area contributed by atoms with Crippen LogP contribution in [0.5, 0.6) is 0 Å². The summed E-state index contributed by atoms with van der Waals surface area (Å²) in [5.41, 5.74) is 5.61. The normalized spacial score (nSPS) is 13.5. The molecule has 0 bridgehead atoms. The summed E-state index contributed by atoms with van der Waals surface area (Å²) in [5.74, 6) is 1.66. The van der Waals surface area contributed by atoms with Gasteiger partial charge in [0.05, 0.1) is 6.04 Å². The summed E-state index contributed by atoms with van der Waals surface area (Å²) in [6, 6.07) is -0.0681. The molecule has 62 valence electrons. The van der Waals surface area contributed by atoms with Crippen molar-refractivity contribution in [1.82, 2.24) is 14.8 Å². The second kappa shape index (κ2) is 3.00. The van der Waals surface area contributed by atoms with Crippen LogP contribution in [0, 0.1) is 6.92 Å². The molecule has 2 N–H and O–H groups in total. The van der Waals surface area contributed by atoms with E-state index in [1.807, 2.05) is 25.5 Å². The molecule has 0 aromatic carbocycles. The molecule has 4 heteroatoms. The van der Waals surface area contributed by atoms with Crippen molar-refractivity contribution in [3.8, 4) is 0 Å². The van der Waals surface area contributed by atoms with Gasteiger partial charge in [-0.1, -0.05) is 0 Å². The summed E-state index contributed by atoms with van der Waals surface area (Å²) in [6.07, 6.45) is 0. The maximum absolute atomic E-state index is 5.61. The monoisotopic (exact) mass is 154 g/mol. The topological polar surface area (TPSA) is 56.7 Å². The molecule has 0 fully saturated rings. The van der Waals surface area contributed by atoms with Gasteiger partial charge < -0.3 is 5.73 Å². The van der Waals surface area contributed by atoms with Crippen LogP contribution in [-0.4, -0.2) is 14.8 Å². The minimum absolute atomic E-state index is 0.0681. The number of nitrogens with zero attached hydrogens (tertiary/aromatic N) is 3. The van der Waals surface area contributed by atoms with Crippen LogP contribution >= 0.6 is 0 Å². The number of rotatable bonds is 2. The Balaban J connectivity index is 2.95. The van der Waals surface area contributed by atoms with E-state index in [4.69, 9.17) is 5.73 Å². The summed E-state index contributed by atoms with van der Waals surface area (Å²) < 4.78 is 1.85. The van der Waals surface area contributed by atoms with Crippen molar-refractivity contribution in [2.24, 2.45) is 5.73 Å². The van der Waals surface area contributed by atoms with Crippen LogP contribution in [0.25, 0.3) is 0 Å². The molecule has 1 aromatic heterocycles. The molecule has 1 aromatic rings. The van der Waals surface area contributed by atoms with Gasteiger partial charge in [0.2, 0.25) is 0 Å². The fourth-order valence-corrected chi connectivity index (χ4v) is 0.934. The summed E-state index contributed by atoms with van der Waals surface area (Å²) in [4.78, 5) is 4.21. The molecule has 1 rings (SSSR count). The van der Waals surface area contributed by atoms with E-state index in [0.717, 1.165) is 18.2 Å². The minimum Gasteiger partial charge on any atom is -0.321 e. The Labute approximate surface area is 66.4 Å². The molecular formula is C7H14N4. The standard InChI is InChI=1S/C7H14N4/c1-4-11-6(3)9-7(10-11)5(2)8/h5H,4,8H2,1-3H3. The highest BCUT2D eigenvalue weighted by Gasteiger charge is 2.07. The molecule has 0 radical (unpaired) electrons. The van der Waals surface area contributed by atoms with Gasteiger partial charge in [0.15, 0.2) is 5.82 Å². The van der Waals surface area contributed by atoms with E-state index in [9.17, 15) is 0 Å². The van der Waals surface area contributed by atoms with E-state index in [0.29, 0.717) is 0 Å². The van der Waals surface area contributed by atoms with Gasteiger partial charge in [-0.05, 0) is 20.8 Å².